The number of hydrogen-bond donors (Lipinski definition) is 2. The molecule has 0 saturated heterocycles. The monoisotopic (exact) mass is 457 g/mol. The number of aliphatic imine (C=N–C) groups is 1. The molecule has 2 aromatic rings. The van der Waals surface area contributed by atoms with E-state index in [1.54, 1.807) is 18.2 Å². The number of nitrogens with one attached hydrogen (secondary N) is 1. The van der Waals surface area contributed by atoms with Gasteiger partial charge in [-0.3, -0.25) is 0 Å². The molecule has 0 aliphatic heterocycles. The second kappa shape index (κ2) is 11.7. The molecule has 1 unspecified atom stereocenters. The van der Waals surface area contributed by atoms with Gasteiger partial charge in [0.15, 0.2) is 17.5 Å². The molecule has 0 spiro atoms. The van der Waals surface area contributed by atoms with Gasteiger partial charge >= 0.3 is 0 Å². The first-order chi connectivity index (χ1) is 11.7. The number of guanidine groups is 1. The molecule has 25 heavy (non-hydrogen) atoms. The van der Waals surface area contributed by atoms with E-state index in [2.05, 4.69) is 22.4 Å². The summed E-state index contributed by atoms with van der Waals surface area (Å²) in [5.41, 5.74) is 7.12. The van der Waals surface area contributed by atoms with Crippen LogP contribution in [-0.4, -0.2) is 25.2 Å². The SMILES string of the molecule is CCC(CN=C(N)NCCc1ccccc1)Oc1ccccc1F.I. The molecular formula is C19H25FIN3O. The molecule has 6 heteroatoms. The fraction of sp³-hybridized carbons (Fsp3) is 0.316. The van der Waals surface area contributed by atoms with E-state index in [4.69, 9.17) is 10.5 Å². The quantitative estimate of drug-likeness (QED) is 0.361. The normalized spacial score (nSPS) is 12.2. The molecule has 0 amide bonds. The average Bonchev–Trinajstić information content (AvgIpc) is 2.61. The van der Waals surface area contributed by atoms with Crippen molar-refractivity contribution in [1.82, 2.24) is 5.32 Å². The summed E-state index contributed by atoms with van der Waals surface area (Å²) in [6.07, 6.45) is 1.38. The van der Waals surface area contributed by atoms with Gasteiger partial charge in [-0.2, -0.15) is 0 Å². The molecule has 136 valence electrons. The summed E-state index contributed by atoms with van der Waals surface area (Å²) in [6, 6.07) is 16.5. The molecule has 4 nitrogen and oxygen atoms in total. The Kier molecular flexibility index (Phi) is 9.91. The summed E-state index contributed by atoms with van der Waals surface area (Å²) in [5.74, 6) is 0.255. The van der Waals surface area contributed by atoms with Gasteiger partial charge in [0, 0.05) is 6.54 Å². The molecule has 0 heterocycles. The van der Waals surface area contributed by atoms with Crippen molar-refractivity contribution in [1.29, 1.82) is 0 Å². The van der Waals surface area contributed by atoms with Crippen molar-refractivity contribution in [3.05, 3.63) is 66.0 Å². The molecule has 0 aliphatic carbocycles. The highest BCUT2D eigenvalue weighted by Gasteiger charge is 2.10. The zero-order valence-electron chi connectivity index (χ0n) is 14.3. The van der Waals surface area contributed by atoms with E-state index in [0.29, 0.717) is 19.0 Å². The second-order valence-corrected chi connectivity index (χ2v) is 5.47. The number of rotatable bonds is 8. The van der Waals surface area contributed by atoms with Crippen molar-refractivity contribution in [2.45, 2.75) is 25.9 Å². The van der Waals surface area contributed by atoms with Gasteiger partial charge < -0.3 is 15.8 Å². The Morgan fingerprint density at radius 2 is 1.84 bits per heavy atom. The minimum absolute atomic E-state index is 0. The molecule has 2 aromatic carbocycles. The van der Waals surface area contributed by atoms with Crippen LogP contribution in [0.25, 0.3) is 0 Å². The van der Waals surface area contributed by atoms with Crippen molar-refractivity contribution in [3.63, 3.8) is 0 Å². The van der Waals surface area contributed by atoms with Crippen molar-refractivity contribution >= 4 is 29.9 Å². The first-order valence-electron chi connectivity index (χ1n) is 8.18. The van der Waals surface area contributed by atoms with Crippen LogP contribution in [0.2, 0.25) is 0 Å². The Morgan fingerprint density at radius 1 is 1.16 bits per heavy atom. The highest BCUT2D eigenvalue weighted by molar-refractivity contribution is 14.0. The van der Waals surface area contributed by atoms with Gasteiger partial charge in [0.2, 0.25) is 0 Å². The van der Waals surface area contributed by atoms with Crippen LogP contribution in [0, 0.1) is 5.82 Å². The fourth-order valence-electron chi connectivity index (χ4n) is 2.21. The number of benzene rings is 2. The summed E-state index contributed by atoms with van der Waals surface area (Å²) in [7, 11) is 0. The second-order valence-electron chi connectivity index (χ2n) is 5.47. The largest absolute Gasteiger partial charge is 0.485 e. The third kappa shape index (κ3) is 7.72. The molecule has 3 N–H and O–H groups in total. The van der Waals surface area contributed by atoms with E-state index in [1.807, 2.05) is 25.1 Å². The Hall–Kier alpha value is -1.83. The van der Waals surface area contributed by atoms with Crippen molar-refractivity contribution in [2.75, 3.05) is 13.1 Å². The van der Waals surface area contributed by atoms with Crippen LogP contribution in [0.3, 0.4) is 0 Å². The Labute approximate surface area is 165 Å². The topological polar surface area (TPSA) is 59.6 Å². The lowest BCUT2D eigenvalue weighted by Gasteiger charge is -2.16. The average molecular weight is 457 g/mol. The number of halogens is 2. The van der Waals surface area contributed by atoms with Crippen LogP contribution in [-0.2, 0) is 6.42 Å². The van der Waals surface area contributed by atoms with Crippen LogP contribution in [0.15, 0.2) is 59.6 Å². The van der Waals surface area contributed by atoms with Crippen LogP contribution in [0.4, 0.5) is 4.39 Å². The molecule has 0 aliphatic rings. The number of ether oxygens (including phenoxy) is 1. The van der Waals surface area contributed by atoms with E-state index < -0.39 is 0 Å². The Morgan fingerprint density at radius 3 is 2.52 bits per heavy atom. The number of hydrogen-bond acceptors (Lipinski definition) is 2. The highest BCUT2D eigenvalue weighted by Crippen LogP contribution is 2.18. The van der Waals surface area contributed by atoms with E-state index in [9.17, 15) is 4.39 Å². The summed E-state index contributed by atoms with van der Waals surface area (Å²) >= 11 is 0. The van der Waals surface area contributed by atoms with Gasteiger partial charge in [0.25, 0.3) is 0 Å². The van der Waals surface area contributed by atoms with Crippen LogP contribution < -0.4 is 15.8 Å². The van der Waals surface area contributed by atoms with Crippen LogP contribution in [0.1, 0.15) is 18.9 Å². The first-order valence-corrected chi connectivity index (χ1v) is 8.18. The molecule has 0 fully saturated rings. The molecule has 1 atom stereocenters. The predicted molar refractivity (Wildman–Crippen MR) is 111 cm³/mol. The maximum absolute atomic E-state index is 13.6. The lowest BCUT2D eigenvalue weighted by molar-refractivity contribution is 0.197. The third-order valence-electron chi connectivity index (χ3n) is 3.61. The maximum Gasteiger partial charge on any atom is 0.188 e. The first kappa shape index (κ1) is 21.2. The minimum atomic E-state index is -0.367. The lowest BCUT2D eigenvalue weighted by Crippen LogP contribution is -2.34. The minimum Gasteiger partial charge on any atom is -0.485 e. The molecule has 0 radical (unpaired) electrons. The molecule has 0 saturated carbocycles. The zero-order valence-corrected chi connectivity index (χ0v) is 16.7. The van der Waals surface area contributed by atoms with Gasteiger partial charge in [-0.15, -0.1) is 24.0 Å². The van der Waals surface area contributed by atoms with Gasteiger partial charge in [-0.25, -0.2) is 9.38 Å². The Bertz CT molecular complexity index is 652. The van der Waals surface area contributed by atoms with E-state index in [1.165, 1.54) is 11.6 Å². The maximum atomic E-state index is 13.6. The molecule has 2 rings (SSSR count). The fourth-order valence-corrected chi connectivity index (χ4v) is 2.21. The van der Waals surface area contributed by atoms with Crippen LogP contribution >= 0.6 is 24.0 Å². The number of nitrogens with zero attached hydrogens (tertiary/aromatic N) is 1. The van der Waals surface area contributed by atoms with Crippen molar-refractivity contribution in [3.8, 4) is 5.75 Å². The van der Waals surface area contributed by atoms with E-state index in [0.717, 1.165) is 12.8 Å². The van der Waals surface area contributed by atoms with Crippen LogP contribution in [0.5, 0.6) is 5.75 Å². The molecule has 0 aromatic heterocycles. The predicted octanol–water partition coefficient (Wildman–Crippen LogP) is 3.75. The standard InChI is InChI=1S/C19H24FN3O.HI/c1-2-16(24-18-11-7-6-10-17(18)20)14-23-19(21)22-13-12-15-8-4-3-5-9-15;/h3-11,16H,2,12-14H2,1H3,(H3,21,22,23);1H. The van der Waals surface area contributed by atoms with Gasteiger partial charge in [0.05, 0.1) is 6.54 Å². The van der Waals surface area contributed by atoms with E-state index in [-0.39, 0.29) is 41.6 Å². The summed E-state index contributed by atoms with van der Waals surface area (Å²) < 4.78 is 19.3. The van der Waals surface area contributed by atoms with Crippen molar-refractivity contribution < 1.29 is 9.13 Å². The highest BCUT2D eigenvalue weighted by atomic mass is 127. The summed E-state index contributed by atoms with van der Waals surface area (Å²) in [4.78, 5) is 4.29. The summed E-state index contributed by atoms with van der Waals surface area (Å²) in [5, 5.41) is 3.08. The Balaban J connectivity index is 0.00000312. The van der Waals surface area contributed by atoms with Crippen molar-refractivity contribution in [2.24, 2.45) is 10.7 Å². The smallest absolute Gasteiger partial charge is 0.188 e. The third-order valence-corrected chi connectivity index (χ3v) is 3.61. The number of nitrogens with two attached hydrogens (primary N) is 1. The van der Waals surface area contributed by atoms with Gasteiger partial charge in [-0.1, -0.05) is 49.4 Å². The zero-order chi connectivity index (χ0) is 17.2. The number of para-hydroxylation sites is 1. The molecular weight excluding hydrogens is 432 g/mol. The van der Waals surface area contributed by atoms with E-state index >= 15 is 0 Å². The summed E-state index contributed by atoms with van der Waals surface area (Å²) in [6.45, 7) is 3.07. The van der Waals surface area contributed by atoms with Gasteiger partial charge in [0.1, 0.15) is 6.10 Å². The molecule has 0 bridgehead atoms. The lowest BCUT2D eigenvalue weighted by atomic mass is 10.1. The van der Waals surface area contributed by atoms with Gasteiger partial charge in [-0.05, 0) is 30.5 Å².